The molecule has 0 aromatic heterocycles. The first-order valence-corrected chi connectivity index (χ1v) is 6.32. The Hall–Kier alpha value is -2.76. The lowest BCUT2D eigenvalue weighted by atomic mass is 10.2. The van der Waals surface area contributed by atoms with Crippen molar-refractivity contribution in [2.75, 3.05) is 6.61 Å². The molecule has 0 aliphatic carbocycles. The number of oxime groups is 1. The molecule has 0 aliphatic rings. The van der Waals surface area contributed by atoms with Crippen LogP contribution in [0.4, 0.5) is 4.39 Å². The zero-order valence-electron chi connectivity index (χ0n) is 11.4. The molecule has 0 unspecified atom stereocenters. The molecule has 0 atom stereocenters. The van der Waals surface area contributed by atoms with Gasteiger partial charge in [-0.15, -0.1) is 0 Å². The van der Waals surface area contributed by atoms with Gasteiger partial charge in [0.2, 0.25) is 0 Å². The SMILES string of the molecule is CCOc1ccc(Oc2ccc(/C(N)=N/O)cc2F)cc1. The van der Waals surface area contributed by atoms with Gasteiger partial charge in [0.15, 0.2) is 17.4 Å². The molecule has 2 rings (SSSR count). The Morgan fingerprint density at radius 3 is 2.43 bits per heavy atom. The van der Waals surface area contributed by atoms with E-state index in [1.165, 1.54) is 12.1 Å². The molecule has 0 radical (unpaired) electrons. The number of ether oxygens (including phenoxy) is 2. The first kappa shape index (κ1) is 14.6. The molecule has 0 spiro atoms. The van der Waals surface area contributed by atoms with Crippen molar-refractivity contribution in [3.8, 4) is 17.2 Å². The molecule has 0 aliphatic heterocycles. The van der Waals surface area contributed by atoms with Gasteiger partial charge < -0.3 is 20.4 Å². The van der Waals surface area contributed by atoms with Crippen molar-refractivity contribution in [1.29, 1.82) is 0 Å². The normalized spacial score (nSPS) is 11.2. The number of nitrogens with zero attached hydrogens (tertiary/aromatic N) is 1. The van der Waals surface area contributed by atoms with E-state index in [0.717, 1.165) is 6.07 Å². The van der Waals surface area contributed by atoms with Crippen LogP contribution in [0.15, 0.2) is 47.6 Å². The fourth-order valence-electron chi connectivity index (χ4n) is 1.70. The van der Waals surface area contributed by atoms with Gasteiger partial charge in [0.1, 0.15) is 11.5 Å². The molecule has 0 saturated heterocycles. The third-order valence-electron chi connectivity index (χ3n) is 2.70. The maximum atomic E-state index is 13.9. The second-order valence-corrected chi connectivity index (χ2v) is 4.14. The fourth-order valence-corrected chi connectivity index (χ4v) is 1.70. The van der Waals surface area contributed by atoms with E-state index in [1.807, 2.05) is 6.92 Å². The second-order valence-electron chi connectivity index (χ2n) is 4.14. The zero-order chi connectivity index (χ0) is 15.2. The van der Waals surface area contributed by atoms with E-state index in [2.05, 4.69) is 5.16 Å². The van der Waals surface area contributed by atoms with Gasteiger partial charge in [-0.05, 0) is 49.4 Å². The molecule has 0 saturated carbocycles. The summed E-state index contributed by atoms with van der Waals surface area (Å²) in [4.78, 5) is 0. The predicted octanol–water partition coefficient (Wildman–Crippen LogP) is 3.11. The summed E-state index contributed by atoms with van der Waals surface area (Å²) in [5, 5.41) is 11.4. The topological polar surface area (TPSA) is 77.1 Å². The van der Waals surface area contributed by atoms with Crippen molar-refractivity contribution < 1.29 is 19.1 Å². The van der Waals surface area contributed by atoms with Gasteiger partial charge in [-0.3, -0.25) is 0 Å². The molecule has 21 heavy (non-hydrogen) atoms. The van der Waals surface area contributed by atoms with Crippen LogP contribution in [-0.2, 0) is 0 Å². The number of amidine groups is 1. The van der Waals surface area contributed by atoms with Crippen molar-refractivity contribution >= 4 is 5.84 Å². The van der Waals surface area contributed by atoms with Crippen LogP contribution >= 0.6 is 0 Å². The molecule has 3 N–H and O–H groups in total. The molecule has 0 fully saturated rings. The average Bonchev–Trinajstić information content (AvgIpc) is 2.50. The van der Waals surface area contributed by atoms with E-state index in [0.29, 0.717) is 18.1 Å². The number of benzene rings is 2. The standard InChI is InChI=1S/C15H15FN2O3/c1-2-20-11-4-6-12(7-5-11)21-14-8-3-10(9-13(14)16)15(17)18-19/h3-9,19H,2H2,1H3,(H2,17,18). The summed E-state index contributed by atoms with van der Waals surface area (Å²) < 4.78 is 24.6. The Labute approximate surface area is 121 Å². The Morgan fingerprint density at radius 1 is 1.19 bits per heavy atom. The van der Waals surface area contributed by atoms with Crippen LogP contribution in [-0.4, -0.2) is 17.6 Å². The maximum Gasteiger partial charge on any atom is 0.170 e. The van der Waals surface area contributed by atoms with Crippen LogP contribution in [0.5, 0.6) is 17.2 Å². The maximum absolute atomic E-state index is 13.9. The number of hydrogen-bond acceptors (Lipinski definition) is 4. The fraction of sp³-hybridized carbons (Fsp3) is 0.133. The second kappa shape index (κ2) is 6.60. The summed E-state index contributed by atoms with van der Waals surface area (Å²) in [6.45, 7) is 2.47. The van der Waals surface area contributed by atoms with Gasteiger partial charge in [0, 0.05) is 5.56 Å². The summed E-state index contributed by atoms with van der Waals surface area (Å²) in [5.41, 5.74) is 5.66. The zero-order valence-corrected chi connectivity index (χ0v) is 11.4. The summed E-state index contributed by atoms with van der Waals surface area (Å²) in [6, 6.07) is 10.9. The number of halogens is 1. The lowest BCUT2D eigenvalue weighted by Crippen LogP contribution is -2.13. The van der Waals surface area contributed by atoms with E-state index in [9.17, 15) is 4.39 Å². The minimum Gasteiger partial charge on any atom is -0.494 e. The molecule has 0 bridgehead atoms. The minimum atomic E-state index is -0.604. The molecule has 0 heterocycles. The van der Waals surface area contributed by atoms with Crippen LogP contribution in [0, 0.1) is 5.82 Å². The summed E-state index contributed by atoms with van der Waals surface area (Å²) >= 11 is 0. The Bertz CT molecular complexity index is 642. The highest BCUT2D eigenvalue weighted by molar-refractivity contribution is 5.97. The lowest BCUT2D eigenvalue weighted by molar-refractivity contribution is 0.318. The van der Waals surface area contributed by atoms with Crippen molar-refractivity contribution in [3.63, 3.8) is 0 Å². The highest BCUT2D eigenvalue weighted by Crippen LogP contribution is 2.26. The van der Waals surface area contributed by atoms with Crippen LogP contribution in [0.25, 0.3) is 0 Å². The largest absolute Gasteiger partial charge is 0.494 e. The molecular weight excluding hydrogens is 275 g/mol. The van der Waals surface area contributed by atoms with Gasteiger partial charge in [-0.25, -0.2) is 4.39 Å². The monoisotopic (exact) mass is 290 g/mol. The van der Waals surface area contributed by atoms with Crippen molar-refractivity contribution in [2.45, 2.75) is 6.92 Å². The minimum absolute atomic E-state index is 0.0497. The van der Waals surface area contributed by atoms with E-state index >= 15 is 0 Å². The Morgan fingerprint density at radius 2 is 1.86 bits per heavy atom. The van der Waals surface area contributed by atoms with Crippen molar-refractivity contribution in [2.24, 2.45) is 10.9 Å². The van der Waals surface area contributed by atoms with E-state index < -0.39 is 5.82 Å². The highest BCUT2D eigenvalue weighted by Gasteiger charge is 2.08. The molecule has 110 valence electrons. The average molecular weight is 290 g/mol. The smallest absolute Gasteiger partial charge is 0.170 e. The van der Waals surface area contributed by atoms with Gasteiger partial charge in [-0.2, -0.15) is 0 Å². The molecule has 0 amide bonds. The molecule has 2 aromatic carbocycles. The molecular formula is C15H15FN2O3. The van der Waals surface area contributed by atoms with Crippen LogP contribution in [0.3, 0.4) is 0 Å². The first-order valence-electron chi connectivity index (χ1n) is 6.32. The molecule has 2 aromatic rings. The Kier molecular flexibility index (Phi) is 4.61. The van der Waals surface area contributed by atoms with E-state index in [4.69, 9.17) is 20.4 Å². The highest BCUT2D eigenvalue weighted by atomic mass is 19.1. The first-order chi connectivity index (χ1) is 10.1. The van der Waals surface area contributed by atoms with Crippen molar-refractivity contribution in [3.05, 3.63) is 53.8 Å². The third-order valence-corrected chi connectivity index (χ3v) is 2.70. The number of hydrogen-bond donors (Lipinski definition) is 2. The van der Waals surface area contributed by atoms with E-state index in [1.54, 1.807) is 24.3 Å². The predicted molar refractivity (Wildman–Crippen MR) is 76.6 cm³/mol. The lowest BCUT2D eigenvalue weighted by Gasteiger charge is -2.09. The number of nitrogens with two attached hydrogens (primary N) is 1. The van der Waals surface area contributed by atoms with Crippen LogP contribution in [0.2, 0.25) is 0 Å². The van der Waals surface area contributed by atoms with E-state index in [-0.39, 0.29) is 17.1 Å². The van der Waals surface area contributed by atoms with Crippen LogP contribution < -0.4 is 15.2 Å². The summed E-state index contributed by atoms with van der Waals surface area (Å²) in [5.74, 6) is 0.477. The van der Waals surface area contributed by atoms with Crippen molar-refractivity contribution in [1.82, 2.24) is 0 Å². The van der Waals surface area contributed by atoms with Gasteiger partial charge in [0.25, 0.3) is 0 Å². The third kappa shape index (κ3) is 3.62. The Balaban J connectivity index is 2.16. The molecule has 6 heteroatoms. The summed E-state index contributed by atoms with van der Waals surface area (Å²) in [7, 11) is 0. The number of rotatable bonds is 5. The van der Waals surface area contributed by atoms with Gasteiger partial charge in [-0.1, -0.05) is 5.16 Å². The quantitative estimate of drug-likeness (QED) is 0.384. The molecule has 5 nitrogen and oxygen atoms in total. The van der Waals surface area contributed by atoms with Gasteiger partial charge in [0.05, 0.1) is 6.61 Å². The van der Waals surface area contributed by atoms with Crippen LogP contribution in [0.1, 0.15) is 12.5 Å². The van der Waals surface area contributed by atoms with Gasteiger partial charge >= 0.3 is 0 Å². The summed E-state index contributed by atoms with van der Waals surface area (Å²) in [6.07, 6.45) is 0.